The highest BCUT2D eigenvalue weighted by Crippen LogP contribution is 2.18. The summed E-state index contributed by atoms with van der Waals surface area (Å²) in [4.78, 5) is 13.2. The van der Waals surface area contributed by atoms with Gasteiger partial charge in [0.25, 0.3) is 0 Å². The fraction of sp³-hybridized carbons (Fsp3) is 0.533. The molecule has 1 aromatic carbocycles. The molecule has 3 nitrogen and oxygen atoms in total. The average Bonchev–Trinajstić information content (AvgIpc) is 2.39. The Labute approximate surface area is 110 Å². The van der Waals surface area contributed by atoms with Gasteiger partial charge >= 0.3 is 0 Å². The Balaban J connectivity index is 2.59. The second-order valence-electron chi connectivity index (χ2n) is 4.77. The number of hydrogen-bond donors (Lipinski definition) is 1. The molecule has 1 unspecified atom stereocenters. The minimum Gasteiger partial charge on any atom is -0.348 e. The maximum absolute atomic E-state index is 11.6. The van der Waals surface area contributed by atoms with E-state index in [-0.39, 0.29) is 11.9 Å². The van der Waals surface area contributed by atoms with Crippen LogP contribution in [0.1, 0.15) is 37.8 Å². The Bertz CT molecular complexity index is 349. The predicted octanol–water partition coefficient (Wildman–Crippen LogP) is 2.60. The summed E-state index contributed by atoms with van der Waals surface area (Å²) in [6.45, 7) is 2.59. The zero-order valence-corrected chi connectivity index (χ0v) is 11.6. The van der Waals surface area contributed by atoms with Gasteiger partial charge < -0.3 is 10.2 Å². The van der Waals surface area contributed by atoms with Crippen molar-refractivity contribution in [3.63, 3.8) is 0 Å². The van der Waals surface area contributed by atoms with Gasteiger partial charge in [-0.15, -0.1) is 0 Å². The molecule has 0 aromatic heterocycles. The highest BCUT2D eigenvalue weighted by molar-refractivity contribution is 5.77. The second kappa shape index (κ2) is 7.88. The van der Waals surface area contributed by atoms with Crippen LogP contribution in [0.25, 0.3) is 0 Å². The van der Waals surface area contributed by atoms with Crippen LogP contribution in [0.5, 0.6) is 0 Å². The number of unbranched alkanes of at least 4 members (excludes halogenated alkanes) is 1. The van der Waals surface area contributed by atoms with Crippen molar-refractivity contribution in [3.05, 3.63) is 35.9 Å². The highest BCUT2D eigenvalue weighted by Gasteiger charge is 2.12. The van der Waals surface area contributed by atoms with Crippen molar-refractivity contribution < 1.29 is 4.79 Å². The van der Waals surface area contributed by atoms with Crippen molar-refractivity contribution in [1.29, 1.82) is 0 Å². The monoisotopic (exact) mass is 248 g/mol. The van der Waals surface area contributed by atoms with Gasteiger partial charge in [-0.1, -0.05) is 50.1 Å². The fourth-order valence-corrected chi connectivity index (χ4v) is 1.85. The lowest BCUT2D eigenvalue weighted by atomic mass is 10.0. The molecule has 0 bridgehead atoms. The van der Waals surface area contributed by atoms with Gasteiger partial charge in [-0.05, 0) is 12.0 Å². The van der Waals surface area contributed by atoms with E-state index in [1.165, 1.54) is 18.4 Å². The number of likely N-dealkylation sites (N-methyl/N-ethyl adjacent to an activating group) is 1. The normalized spacial score (nSPS) is 12.2. The van der Waals surface area contributed by atoms with Crippen LogP contribution >= 0.6 is 0 Å². The highest BCUT2D eigenvalue weighted by atomic mass is 16.2. The first-order valence-corrected chi connectivity index (χ1v) is 6.63. The number of carbonyl (C=O) groups excluding carboxylic acids is 1. The molecule has 0 aliphatic rings. The summed E-state index contributed by atoms with van der Waals surface area (Å²) in [5, 5.41) is 3.36. The van der Waals surface area contributed by atoms with Crippen LogP contribution in [-0.2, 0) is 4.79 Å². The number of amides is 1. The van der Waals surface area contributed by atoms with Crippen LogP contribution in [0.4, 0.5) is 0 Å². The summed E-state index contributed by atoms with van der Waals surface area (Å²) >= 11 is 0. The smallest absolute Gasteiger partial charge is 0.236 e. The fourth-order valence-electron chi connectivity index (χ4n) is 1.85. The number of hydrogen-bond acceptors (Lipinski definition) is 2. The molecule has 0 spiro atoms. The minimum atomic E-state index is 0.118. The van der Waals surface area contributed by atoms with Crippen LogP contribution in [0.2, 0.25) is 0 Å². The average molecular weight is 248 g/mol. The first kappa shape index (κ1) is 14.7. The van der Waals surface area contributed by atoms with E-state index in [0.717, 1.165) is 6.42 Å². The second-order valence-corrected chi connectivity index (χ2v) is 4.77. The van der Waals surface area contributed by atoms with E-state index in [4.69, 9.17) is 0 Å². The molecule has 0 saturated carbocycles. The van der Waals surface area contributed by atoms with Crippen LogP contribution in [0.3, 0.4) is 0 Å². The van der Waals surface area contributed by atoms with Crippen LogP contribution < -0.4 is 5.32 Å². The first-order chi connectivity index (χ1) is 8.65. The van der Waals surface area contributed by atoms with Crippen molar-refractivity contribution in [2.75, 3.05) is 20.6 Å². The zero-order chi connectivity index (χ0) is 13.4. The summed E-state index contributed by atoms with van der Waals surface area (Å²) in [6.07, 6.45) is 3.41. The summed E-state index contributed by atoms with van der Waals surface area (Å²) in [5.41, 5.74) is 1.26. The van der Waals surface area contributed by atoms with E-state index >= 15 is 0 Å². The predicted molar refractivity (Wildman–Crippen MR) is 75.4 cm³/mol. The van der Waals surface area contributed by atoms with E-state index in [0.29, 0.717) is 6.54 Å². The molecule has 3 heteroatoms. The molecule has 1 amide bonds. The molecule has 100 valence electrons. The molecular weight excluding hydrogens is 224 g/mol. The van der Waals surface area contributed by atoms with Crippen molar-refractivity contribution in [2.24, 2.45) is 0 Å². The molecule has 0 fully saturated rings. The molecule has 0 aliphatic carbocycles. The number of nitrogens with one attached hydrogen (secondary N) is 1. The minimum absolute atomic E-state index is 0.118. The maximum Gasteiger partial charge on any atom is 0.236 e. The quantitative estimate of drug-likeness (QED) is 0.804. The van der Waals surface area contributed by atoms with E-state index in [1.54, 1.807) is 19.0 Å². The van der Waals surface area contributed by atoms with Crippen molar-refractivity contribution >= 4 is 5.91 Å². The molecule has 0 heterocycles. The van der Waals surface area contributed by atoms with Crippen LogP contribution in [0, 0.1) is 0 Å². The lowest BCUT2D eigenvalue weighted by Gasteiger charge is -2.20. The van der Waals surface area contributed by atoms with Gasteiger partial charge in [-0.3, -0.25) is 4.79 Å². The Morgan fingerprint density at radius 1 is 1.28 bits per heavy atom. The SMILES string of the molecule is CCCCC(NCC(=O)N(C)C)c1ccccc1. The Kier molecular flexibility index (Phi) is 6.44. The molecule has 0 saturated heterocycles. The lowest BCUT2D eigenvalue weighted by molar-refractivity contribution is -0.127. The number of benzene rings is 1. The number of rotatable bonds is 7. The third-order valence-electron chi connectivity index (χ3n) is 3.05. The third-order valence-corrected chi connectivity index (χ3v) is 3.05. The molecular formula is C15H24N2O. The van der Waals surface area contributed by atoms with Gasteiger partial charge in [0, 0.05) is 20.1 Å². The van der Waals surface area contributed by atoms with Crippen molar-refractivity contribution in [3.8, 4) is 0 Å². The molecule has 1 atom stereocenters. The first-order valence-electron chi connectivity index (χ1n) is 6.63. The van der Waals surface area contributed by atoms with Crippen molar-refractivity contribution in [2.45, 2.75) is 32.2 Å². The largest absolute Gasteiger partial charge is 0.348 e. The summed E-state index contributed by atoms with van der Waals surface area (Å²) < 4.78 is 0. The van der Waals surface area contributed by atoms with E-state index < -0.39 is 0 Å². The maximum atomic E-state index is 11.6. The molecule has 0 radical (unpaired) electrons. The molecule has 1 rings (SSSR count). The van der Waals surface area contributed by atoms with Crippen LogP contribution in [0.15, 0.2) is 30.3 Å². The van der Waals surface area contributed by atoms with E-state index in [1.807, 2.05) is 18.2 Å². The van der Waals surface area contributed by atoms with Gasteiger partial charge in [-0.2, -0.15) is 0 Å². The summed E-state index contributed by atoms with van der Waals surface area (Å²) in [7, 11) is 3.57. The van der Waals surface area contributed by atoms with E-state index in [2.05, 4.69) is 24.4 Å². The van der Waals surface area contributed by atoms with Gasteiger partial charge in [-0.25, -0.2) is 0 Å². The van der Waals surface area contributed by atoms with E-state index in [9.17, 15) is 4.79 Å². The Hall–Kier alpha value is -1.35. The molecule has 1 N–H and O–H groups in total. The van der Waals surface area contributed by atoms with Gasteiger partial charge in [0.05, 0.1) is 6.54 Å². The Morgan fingerprint density at radius 3 is 2.50 bits per heavy atom. The number of carbonyl (C=O) groups is 1. The molecule has 0 aliphatic heterocycles. The standard InChI is InChI=1S/C15H24N2O/c1-4-5-11-14(13-9-7-6-8-10-13)16-12-15(18)17(2)3/h6-10,14,16H,4-5,11-12H2,1-3H3. The summed E-state index contributed by atoms with van der Waals surface area (Å²) in [6, 6.07) is 10.6. The molecule has 1 aromatic rings. The lowest BCUT2D eigenvalue weighted by Crippen LogP contribution is -2.35. The van der Waals surface area contributed by atoms with Crippen LogP contribution in [-0.4, -0.2) is 31.4 Å². The molecule has 18 heavy (non-hydrogen) atoms. The Morgan fingerprint density at radius 2 is 1.94 bits per heavy atom. The van der Waals surface area contributed by atoms with Crippen molar-refractivity contribution in [1.82, 2.24) is 10.2 Å². The third kappa shape index (κ3) is 4.88. The number of nitrogens with zero attached hydrogens (tertiary/aromatic N) is 1. The van der Waals surface area contributed by atoms with Gasteiger partial charge in [0.2, 0.25) is 5.91 Å². The summed E-state index contributed by atoms with van der Waals surface area (Å²) in [5.74, 6) is 0.118. The zero-order valence-electron chi connectivity index (χ0n) is 11.6. The van der Waals surface area contributed by atoms with Gasteiger partial charge in [0.15, 0.2) is 0 Å². The van der Waals surface area contributed by atoms with Gasteiger partial charge in [0.1, 0.15) is 0 Å². The topological polar surface area (TPSA) is 32.3 Å².